The molecule has 2 fully saturated rings. The van der Waals surface area contributed by atoms with E-state index in [0.29, 0.717) is 12.1 Å². The number of aliphatic hydroxyl groups is 1. The normalized spacial score (nSPS) is 42.0. The first-order valence-corrected chi connectivity index (χ1v) is 6.23. The van der Waals surface area contributed by atoms with Crippen LogP contribution in [0.15, 0.2) is 0 Å². The molecule has 1 aliphatic heterocycles. The Balaban J connectivity index is 1.80. The lowest BCUT2D eigenvalue weighted by Gasteiger charge is -2.37. The molecule has 1 heterocycles. The molecule has 2 N–H and O–H groups in total. The lowest BCUT2D eigenvalue weighted by molar-refractivity contribution is -0.0477. The monoisotopic (exact) mass is 213 g/mol. The predicted molar refractivity (Wildman–Crippen MR) is 59.9 cm³/mol. The molecule has 1 saturated carbocycles. The number of rotatable bonds is 3. The van der Waals surface area contributed by atoms with Gasteiger partial charge in [-0.05, 0) is 45.6 Å². The predicted octanol–water partition coefficient (Wildman–Crippen LogP) is 1.45. The zero-order chi connectivity index (χ0) is 10.7. The summed E-state index contributed by atoms with van der Waals surface area (Å²) in [4.78, 5) is 0. The SMILES string of the molecule is CNC1CCC(O)(CC2CCCO2)CC1. The molecule has 3 nitrogen and oxygen atoms in total. The molecule has 2 rings (SSSR count). The molecule has 3 heteroatoms. The van der Waals surface area contributed by atoms with Gasteiger partial charge in [-0.25, -0.2) is 0 Å². The third-order valence-corrected chi connectivity index (χ3v) is 3.96. The molecular formula is C12H23NO2. The van der Waals surface area contributed by atoms with Crippen LogP contribution < -0.4 is 5.32 Å². The van der Waals surface area contributed by atoms with Gasteiger partial charge in [-0.15, -0.1) is 0 Å². The Kier molecular flexibility index (Phi) is 3.65. The topological polar surface area (TPSA) is 41.5 Å². The lowest BCUT2D eigenvalue weighted by atomic mass is 9.78. The second kappa shape index (κ2) is 4.81. The molecule has 88 valence electrons. The van der Waals surface area contributed by atoms with Crippen molar-refractivity contribution in [2.45, 2.75) is 62.7 Å². The lowest BCUT2D eigenvalue weighted by Crippen LogP contribution is -2.42. The van der Waals surface area contributed by atoms with Gasteiger partial charge in [0.1, 0.15) is 0 Å². The number of nitrogens with one attached hydrogen (secondary N) is 1. The highest BCUT2D eigenvalue weighted by atomic mass is 16.5. The van der Waals surface area contributed by atoms with Crippen molar-refractivity contribution in [1.29, 1.82) is 0 Å². The van der Waals surface area contributed by atoms with Crippen LogP contribution >= 0.6 is 0 Å². The minimum absolute atomic E-state index is 0.320. The Bertz CT molecular complexity index is 194. The Morgan fingerprint density at radius 2 is 2.07 bits per heavy atom. The van der Waals surface area contributed by atoms with Gasteiger partial charge in [0.05, 0.1) is 11.7 Å². The van der Waals surface area contributed by atoms with E-state index < -0.39 is 5.60 Å². The van der Waals surface area contributed by atoms with Crippen LogP contribution in [-0.4, -0.2) is 36.5 Å². The van der Waals surface area contributed by atoms with Crippen molar-refractivity contribution in [1.82, 2.24) is 5.32 Å². The molecule has 0 radical (unpaired) electrons. The third kappa shape index (κ3) is 2.92. The second-order valence-electron chi connectivity index (χ2n) is 5.13. The van der Waals surface area contributed by atoms with Crippen molar-refractivity contribution >= 4 is 0 Å². The molecule has 0 aromatic carbocycles. The fourth-order valence-electron chi connectivity index (χ4n) is 2.88. The smallest absolute Gasteiger partial charge is 0.0673 e. The summed E-state index contributed by atoms with van der Waals surface area (Å²) < 4.78 is 5.60. The fourth-order valence-corrected chi connectivity index (χ4v) is 2.88. The molecular weight excluding hydrogens is 190 g/mol. The summed E-state index contributed by atoms with van der Waals surface area (Å²) in [6, 6.07) is 0.606. The minimum Gasteiger partial charge on any atom is -0.390 e. The third-order valence-electron chi connectivity index (χ3n) is 3.96. The maximum absolute atomic E-state index is 10.4. The van der Waals surface area contributed by atoms with Gasteiger partial charge in [0.2, 0.25) is 0 Å². The van der Waals surface area contributed by atoms with Crippen molar-refractivity contribution in [3.05, 3.63) is 0 Å². The summed E-state index contributed by atoms with van der Waals surface area (Å²) in [6.07, 6.45) is 7.53. The summed E-state index contributed by atoms with van der Waals surface area (Å²) in [5.74, 6) is 0. The molecule has 2 aliphatic rings. The molecule has 0 spiro atoms. The van der Waals surface area contributed by atoms with E-state index in [0.717, 1.165) is 45.1 Å². The molecule has 0 aromatic heterocycles. The van der Waals surface area contributed by atoms with Crippen LogP contribution in [0.5, 0.6) is 0 Å². The van der Waals surface area contributed by atoms with Crippen molar-refractivity contribution < 1.29 is 9.84 Å². The number of hydrogen-bond acceptors (Lipinski definition) is 3. The standard InChI is InChI=1S/C12H23NO2/c1-13-10-4-6-12(14,7-5-10)9-11-3-2-8-15-11/h10-11,13-14H,2-9H2,1H3. The van der Waals surface area contributed by atoms with Crippen LogP contribution in [0.25, 0.3) is 0 Å². The van der Waals surface area contributed by atoms with E-state index in [1.807, 2.05) is 7.05 Å². The highest BCUT2D eigenvalue weighted by molar-refractivity contribution is 4.90. The second-order valence-corrected chi connectivity index (χ2v) is 5.13. The number of ether oxygens (including phenoxy) is 1. The summed E-state index contributed by atoms with van der Waals surface area (Å²) in [6.45, 7) is 0.889. The van der Waals surface area contributed by atoms with Crippen molar-refractivity contribution in [2.24, 2.45) is 0 Å². The van der Waals surface area contributed by atoms with Crippen LogP contribution in [-0.2, 0) is 4.74 Å². The highest BCUT2D eigenvalue weighted by Gasteiger charge is 2.35. The summed E-state index contributed by atoms with van der Waals surface area (Å²) in [7, 11) is 2.01. The largest absolute Gasteiger partial charge is 0.390 e. The van der Waals surface area contributed by atoms with E-state index >= 15 is 0 Å². The van der Waals surface area contributed by atoms with Crippen molar-refractivity contribution in [3.8, 4) is 0 Å². The Labute approximate surface area is 92.2 Å². The average Bonchev–Trinajstić information content (AvgIpc) is 2.71. The van der Waals surface area contributed by atoms with E-state index in [1.54, 1.807) is 0 Å². The molecule has 0 bridgehead atoms. The van der Waals surface area contributed by atoms with Gasteiger partial charge in [-0.1, -0.05) is 0 Å². The highest BCUT2D eigenvalue weighted by Crippen LogP contribution is 2.34. The van der Waals surface area contributed by atoms with Gasteiger partial charge in [-0.2, -0.15) is 0 Å². The first-order valence-electron chi connectivity index (χ1n) is 6.23. The van der Waals surface area contributed by atoms with Gasteiger partial charge in [0.15, 0.2) is 0 Å². The quantitative estimate of drug-likeness (QED) is 0.745. The van der Waals surface area contributed by atoms with E-state index in [9.17, 15) is 5.11 Å². The van der Waals surface area contributed by atoms with Crippen LogP contribution in [0.4, 0.5) is 0 Å². The summed E-state index contributed by atoms with van der Waals surface area (Å²) in [5, 5.41) is 13.7. The zero-order valence-corrected chi connectivity index (χ0v) is 9.67. The molecule has 1 unspecified atom stereocenters. The van der Waals surface area contributed by atoms with Crippen LogP contribution in [0.3, 0.4) is 0 Å². The van der Waals surface area contributed by atoms with E-state index in [-0.39, 0.29) is 0 Å². The first-order chi connectivity index (χ1) is 7.22. The Morgan fingerprint density at radius 1 is 1.33 bits per heavy atom. The average molecular weight is 213 g/mol. The maximum Gasteiger partial charge on any atom is 0.0673 e. The van der Waals surface area contributed by atoms with Gasteiger partial charge in [0, 0.05) is 19.1 Å². The van der Waals surface area contributed by atoms with Gasteiger partial charge >= 0.3 is 0 Å². The molecule has 0 amide bonds. The Morgan fingerprint density at radius 3 is 2.60 bits per heavy atom. The van der Waals surface area contributed by atoms with E-state index in [1.165, 1.54) is 6.42 Å². The first kappa shape index (κ1) is 11.4. The molecule has 0 aromatic rings. The Hall–Kier alpha value is -0.120. The minimum atomic E-state index is -0.442. The fraction of sp³-hybridized carbons (Fsp3) is 1.00. The van der Waals surface area contributed by atoms with Crippen molar-refractivity contribution in [3.63, 3.8) is 0 Å². The van der Waals surface area contributed by atoms with Gasteiger partial charge in [-0.3, -0.25) is 0 Å². The van der Waals surface area contributed by atoms with E-state index in [2.05, 4.69) is 5.32 Å². The molecule has 1 atom stereocenters. The number of hydrogen-bond donors (Lipinski definition) is 2. The maximum atomic E-state index is 10.4. The molecule has 1 aliphatic carbocycles. The van der Waals surface area contributed by atoms with Crippen LogP contribution in [0.2, 0.25) is 0 Å². The summed E-state index contributed by atoms with van der Waals surface area (Å²) >= 11 is 0. The van der Waals surface area contributed by atoms with Crippen LogP contribution in [0.1, 0.15) is 44.9 Å². The van der Waals surface area contributed by atoms with E-state index in [4.69, 9.17) is 4.74 Å². The van der Waals surface area contributed by atoms with Crippen molar-refractivity contribution in [2.75, 3.05) is 13.7 Å². The van der Waals surface area contributed by atoms with Crippen LogP contribution in [0, 0.1) is 0 Å². The van der Waals surface area contributed by atoms with Gasteiger partial charge < -0.3 is 15.2 Å². The van der Waals surface area contributed by atoms with Gasteiger partial charge in [0.25, 0.3) is 0 Å². The summed E-state index contributed by atoms with van der Waals surface area (Å²) in [5.41, 5.74) is -0.442. The molecule has 15 heavy (non-hydrogen) atoms. The zero-order valence-electron chi connectivity index (χ0n) is 9.67. The molecule has 1 saturated heterocycles.